The van der Waals surface area contributed by atoms with E-state index in [1.54, 1.807) is 7.11 Å². The van der Waals surface area contributed by atoms with E-state index in [-0.39, 0.29) is 18.8 Å². The standard InChI is InChI=1S/C25H30N4O5/c1-16-15-33-12-9-29(16)24-20-4-5-21(17-3-6-22(31-2)18(13-17)14-30)26-23(20)27-25(28-24)34-19-7-10-32-11-8-19/h3-6,13,16,19,30H,7-12,14-15H2,1-2H3. The molecule has 2 saturated heterocycles. The second kappa shape index (κ2) is 10.1. The number of morpholine rings is 1. The summed E-state index contributed by atoms with van der Waals surface area (Å²) in [7, 11) is 1.59. The number of aromatic nitrogens is 3. The van der Waals surface area contributed by atoms with Gasteiger partial charge in [-0.25, -0.2) is 4.98 Å². The quantitative estimate of drug-likeness (QED) is 0.588. The van der Waals surface area contributed by atoms with Crippen LogP contribution >= 0.6 is 0 Å². The Labute approximate surface area is 198 Å². The summed E-state index contributed by atoms with van der Waals surface area (Å²) in [6, 6.07) is 10.1. The fourth-order valence-corrected chi connectivity index (χ4v) is 4.45. The molecule has 34 heavy (non-hydrogen) atoms. The lowest BCUT2D eigenvalue weighted by molar-refractivity contribution is 0.0218. The number of methoxy groups -OCH3 is 1. The molecule has 0 bridgehead atoms. The number of fused-ring (bicyclic) bond motifs is 1. The van der Waals surface area contributed by atoms with E-state index >= 15 is 0 Å². The third-order valence-corrected chi connectivity index (χ3v) is 6.35. The van der Waals surface area contributed by atoms with Gasteiger partial charge in [0.2, 0.25) is 0 Å². The first kappa shape index (κ1) is 22.8. The molecular weight excluding hydrogens is 436 g/mol. The molecule has 0 spiro atoms. The Balaban J connectivity index is 1.57. The molecule has 1 N–H and O–H groups in total. The highest BCUT2D eigenvalue weighted by Gasteiger charge is 2.25. The predicted octanol–water partition coefficient (Wildman–Crippen LogP) is 2.98. The molecule has 4 heterocycles. The molecule has 5 rings (SSSR count). The van der Waals surface area contributed by atoms with E-state index in [9.17, 15) is 5.11 Å². The summed E-state index contributed by atoms with van der Waals surface area (Å²) < 4.78 is 22.6. The summed E-state index contributed by atoms with van der Waals surface area (Å²) in [6.45, 7) is 5.40. The zero-order valence-electron chi connectivity index (χ0n) is 19.6. The molecule has 0 amide bonds. The van der Waals surface area contributed by atoms with Crippen LogP contribution in [0.3, 0.4) is 0 Å². The van der Waals surface area contributed by atoms with Crippen molar-refractivity contribution in [3.8, 4) is 23.0 Å². The number of pyridine rings is 1. The van der Waals surface area contributed by atoms with Crippen molar-refractivity contribution in [2.45, 2.75) is 38.5 Å². The number of aliphatic hydroxyl groups excluding tert-OH is 1. The van der Waals surface area contributed by atoms with Gasteiger partial charge in [0.25, 0.3) is 0 Å². The van der Waals surface area contributed by atoms with Crippen LogP contribution in [0.2, 0.25) is 0 Å². The summed E-state index contributed by atoms with van der Waals surface area (Å²) in [5, 5.41) is 10.6. The molecule has 3 aromatic rings. The molecule has 2 aromatic heterocycles. The highest BCUT2D eigenvalue weighted by molar-refractivity contribution is 5.89. The second-order valence-corrected chi connectivity index (χ2v) is 8.63. The highest BCUT2D eigenvalue weighted by Crippen LogP contribution is 2.32. The molecule has 180 valence electrons. The zero-order valence-corrected chi connectivity index (χ0v) is 19.6. The Morgan fingerprint density at radius 2 is 1.91 bits per heavy atom. The first-order valence-electron chi connectivity index (χ1n) is 11.7. The second-order valence-electron chi connectivity index (χ2n) is 8.63. The van der Waals surface area contributed by atoms with E-state index in [0.717, 1.165) is 41.8 Å². The van der Waals surface area contributed by atoms with Gasteiger partial charge in [0.05, 0.1) is 57.3 Å². The van der Waals surface area contributed by atoms with Crippen LogP contribution < -0.4 is 14.4 Å². The Kier molecular flexibility index (Phi) is 6.75. The average molecular weight is 467 g/mol. The van der Waals surface area contributed by atoms with Crippen molar-refractivity contribution in [3.05, 3.63) is 35.9 Å². The number of benzene rings is 1. The van der Waals surface area contributed by atoms with Crippen LogP contribution in [0, 0.1) is 0 Å². The number of nitrogens with zero attached hydrogens (tertiary/aromatic N) is 4. The Morgan fingerprint density at radius 3 is 2.68 bits per heavy atom. The van der Waals surface area contributed by atoms with Crippen molar-refractivity contribution >= 4 is 16.9 Å². The van der Waals surface area contributed by atoms with E-state index in [1.807, 2.05) is 30.3 Å². The molecule has 2 aliphatic rings. The number of ether oxygens (including phenoxy) is 4. The molecule has 1 atom stereocenters. The topological polar surface area (TPSA) is 99.1 Å². The van der Waals surface area contributed by atoms with Crippen molar-refractivity contribution in [3.63, 3.8) is 0 Å². The number of anilines is 1. The lowest BCUT2D eigenvalue weighted by Gasteiger charge is -2.35. The molecule has 0 radical (unpaired) electrons. The molecular formula is C25H30N4O5. The summed E-state index contributed by atoms with van der Waals surface area (Å²) in [6.07, 6.45) is 1.65. The normalized spacial score (nSPS) is 19.4. The summed E-state index contributed by atoms with van der Waals surface area (Å²) >= 11 is 0. The fourth-order valence-electron chi connectivity index (χ4n) is 4.45. The van der Waals surface area contributed by atoms with Crippen LogP contribution in [0.15, 0.2) is 30.3 Å². The number of rotatable bonds is 6. The lowest BCUT2D eigenvalue weighted by atomic mass is 10.1. The molecule has 9 heteroatoms. The number of hydrogen-bond acceptors (Lipinski definition) is 9. The maximum absolute atomic E-state index is 9.73. The Bertz CT molecular complexity index is 1150. The maximum atomic E-state index is 9.73. The Hall–Kier alpha value is -3.01. The summed E-state index contributed by atoms with van der Waals surface area (Å²) in [4.78, 5) is 16.6. The van der Waals surface area contributed by atoms with E-state index in [4.69, 9.17) is 33.9 Å². The van der Waals surface area contributed by atoms with Crippen LogP contribution in [-0.2, 0) is 16.1 Å². The van der Waals surface area contributed by atoms with Gasteiger partial charge in [-0.2, -0.15) is 9.97 Å². The van der Waals surface area contributed by atoms with Gasteiger partial charge < -0.3 is 29.0 Å². The average Bonchev–Trinajstić information content (AvgIpc) is 2.88. The van der Waals surface area contributed by atoms with Gasteiger partial charge in [0, 0.05) is 30.5 Å². The van der Waals surface area contributed by atoms with E-state index in [0.29, 0.717) is 49.4 Å². The van der Waals surface area contributed by atoms with Crippen LogP contribution in [0.4, 0.5) is 5.82 Å². The molecule has 2 aliphatic heterocycles. The van der Waals surface area contributed by atoms with Crippen molar-refractivity contribution in [2.24, 2.45) is 0 Å². The monoisotopic (exact) mass is 466 g/mol. The van der Waals surface area contributed by atoms with Gasteiger partial charge in [0.15, 0.2) is 5.65 Å². The van der Waals surface area contributed by atoms with Gasteiger partial charge in [-0.05, 0) is 37.3 Å². The minimum Gasteiger partial charge on any atom is -0.496 e. The van der Waals surface area contributed by atoms with Gasteiger partial charge >= 0.3 is 6.01 Å². The molecule has 1 aromatic carbocycles. The molecule has 1 unspecified atom stereocenters. The first-order valence-corrected chi connectivity index (χ1v) is 11.7. The van der Waals surface area contributed by atoms with E-state index in [1.165, 1.54) is 0 Å². The van der Waals surface area contributed by atoms with Gasteiger partial charge in [-0.15, -0.1) is 0 Å². The largest absolute Gasteiger partial charge is 0.496 e. The minimum absolute atomic E-state index is 0.0260. The van der Waals surface area contributed by atoms with Gasteiger partial charge in [-0.3, -0.25) is 0 Å². The molecule has 2 fully saturated rings. The van der Waals surface area contributed by atoms with Crippen LogP contribution in [-0.4, -0.2) is 72.3 Å². The molecule has 0 aliphatic carbocycles. The maximum Gasteiger partial charge on any atom is 0.320 e. The molecule has 0 saturated carbocycles. The SMILES string of the molecule is COc1ccc(-c2ccc3c(N4CCOCC4C)nc(OC4CCOCC4)nc3n2)cc1CO. The van der Waals surface area contributed by atoms with Gasteiger partial charge in [0.1, 0.15) is 17.7 Å². The third kappa shape index (κ3) is 4.64. The Morgan fingerprint density at radius 1 is 1.06 bits per heavy atom. The zero-order chi connectivity index (χ0) is 23.5. The van der Waals surface area contributed by atoms with E-state index < -0.39 is 0 Å². The lowest BCUT2D eigenvalue weighted by Crippen LogP contribution is -2.44. The van der Waals surface area contributed by atoms with Crippen LogP contribution in [0.5, 0.6) is 11.8 Å². The van der Waals surface area contributed by atoms with Crippen LogP contribution in [0.1, 0.15) is 25.3 Å². The first-order chi connectivity index (χ1) is 16.7. The smallest absolute Gasteiger partial charge is 0.320 e. The van der Waals surface area contributed by atoms with Crippen molar-refractivity contribution in [2.75, 3.05) is 45.0 Å². The van der Waals surface area contributed by atoms with Crippen molar-refractivity contribution in [1.29, 1.82) is 0 Å². The number of aliphatic hydroxyl groups is 1. The van der Waals surface area contributed by atoms with Crippen LogP contribution in [0.25, 0.3) is 22.3 Å². The van der Waals surface area contributed by atoms with Gasteiger partial charge in [-0.1, -0.05) is 0 Å². The third-order valence-electron chi connectivity index (χ3n) is 6.35. The van der Waals surface area contributed by atoms with Crippen molar-refractivity contribution < 1.29 is 24.1 Å². The fraction of sp³-hybridized carbons (Fsp3) is 0.480. The predicted molar refractivity (Wildman–Crippen MR) is 127 cm³/mol. The minimum atomic E-state index is -0.116. The van der Waals surface area contributed by atoms with E-state index in [2.05, 4.69) is 11.8 Å². The molecule has 9 nitrogen and oxygen atoms in total. The highest BCUT2D eigenvalue weighted by atomic mass is 16.5. The number of hydrogen-bond donors (Lipinski definition) is 1. The summed E-state index contributed by atoms with van der Waals surface area (Å²) in [5.41, 5.74) is 2.90. The van der Waals surface area contributed by atoms with Crippen molar-refractivity contribution in [1.82, 2.24) is 15.0 Å². The summed E-state index contributed by atoms with van der Waals surface area (Å²) in [5.74, 6) is 1.46.